The second-order valence-corrected chi connectivity index (χ2v) is 6.79. The third kappa shape index (κ3) is 5.77. The number of rotatable bonds is 5. The molecule has 1 heterocycles. The fourth-order valence-electron chi connectivity index (χ4n) is 2.93. The second-order valence-electron chi connectivity index (χ2n) is 6.79. The summed E-state index contributed by atoms with van der Waals surface area (Å²) in [5.74, 6) is -0.690. The Morgan fingerprint density at radius 3 is 2.59 bits per heavy atom. The Labute approximate surface area is 158 Å². The molecular formula is C18H27N5O4. The number of benzene rings is 1. The summed E-state index contributed by atoms with van der Waals surface area (Å²) in [5, 5.41) is 14.4. The first-order valence-electron chi connectivity index (χ1n) is 8.98. The summed E-state index contributed by atoms with van der Waals surface area (Å²) in [6.07, 6.45) is -0.220. The molecule has 0 saturated carbocycles. The van der Waals surface area contributed by atoms with E-state index in [2.05, 4.69) is 10.6 Å². The Hall–Kier alpha value is -2.97. The van der Waals surface area contributed by atoms with Crippen molar-refractivity contribution in [2.24, 2.45) is 0 Å². The molecule has 1 aliphatic heterocycles. The van der Waals surface area contributed by atoms with E-state index in [-0.39, 0.29) is 18.5 Å². The van der Waals surface area contributed by atoms with Crippen molar-refractivity contribution in [1.82, 2.24) is 15.5 Å². The quantitative estimate of drug-likeness (QED) is 0.560. The molecule has 0 aliphatic carbocycles. The number of carboxylic acid groups (broad SMARTS) is 1. The van der Waals surface area contributed by atoms with Crippen molar-refractivity contribution >= 4 is 29.3 Å². The summed E-state index contributed by atoms with van der Waals surface area (Å²) in [5.41, 5.74) is 7.35. The van der Waals surface area contributed by atoms with E-state index in [1.807, 2.05) is 24.8 Å². The predicted octanol–water partition coefficient (Wildman–Crippen LogP) is 0.713. The number of carbonyl (C=O) groups excluding carboxylic acids is 2. The summed E-state index contributed by atoms with van der Waals surface area (Å²) in [7, 11) is 0. The summed E-state index contributed by atoms with van der Waals surface area (Å²) in [4.78, 5) is 38.7. The minimum absolute atomic E-state index is 0.00351. The van der Waals surface area contributed by atoms with Gasteiger partial charge in [0.1, 0.15) is 0 Å². The van der Waals surface area contributed by atoms with Gasteiger partial charge in [-0.1, -0.05) is 0 Å². The van der Waals surface area contributed by atoms with Crippen molar-refractivity contribution in [3.05, 3.63) is 23.8 Å². The van der Waals surface area contributed by atoms with Gasteiger partial charge in [0.25, 0.3) is 5.91 Å². The summed E-state index contributed by atoms with van der Waals surface area (Å²) < 4.78 is 0. The monoisotopic (exact) mass is 377 g/mol. The maximum atomic E-state index is 12.4. The van der Waals surface area contributed by atoms with Crippen LogP contribution in [0.25, 0.3) is 0 Å². The van der Waals surface area contributed by atoms with Crippen LogP contribution in [-0.4, -0.2) is 66.7 Å². The number of nitrogens with zero attached hydrogens (tertiary/aromatic N) is 2. The van der Waals surface area contributed by atoms with Gasteiger partial charge in [-0.3, -0.25) is 9.59 Å². The highest BCUT2D eigenvalue weighted by molar-refractivity contribution is 6.01. The topological polar surface area (TPSA) is 128 Å². The van der Waals surface area contributed by atoms with Crippen LogP contribution in [0.2, 0.25) is 0 Å². The molecule has 0 radical (unpaired) electrons. The largest absolute Gasteiger partial charge is 0.465 e. The van der Waals surface area contributed by atoms with E-state index in [9.17, 15) is 14.4 Å². The number of anilines is 2. The number of hydrogen-bond donors (Lipinski definition) is 4. The van der Waals surface area contributed by atoms with E-state index in [4.69, 9.17) is 10.8 Å². The number of nitrogen functional groups attached to an aromatic ring is 1. The van der Waals surface area contributed by atoms with Gasteiger partial charge in [0, 0.05) is 43.6 Å². The SMILES string of the molecule is CC(C)NC(=O)CNC(=O)c1cc(N2CCCN(C(=O)O)CC2)ccc1N. The fourth-order valence-corrected chi connectivity index (χ4v) is 2.93. The van der Waals surface area contributed by atoms with Crippen LogP contribution in [0.4, 0.5) is 16.2 Å². The van der Waals surface area contributed by atoms with Gasteiger partial charge in [-0.05, 0) is 38.5 Å². The fraction of sp³-hybridized carbons (Fsp3) is 0.500. The highest BCUT2D eigenvalue weighted by atomic mass is 16.4. The molecular weight excluding hydrogens is 350 g/mol. The molecule has 5 N–H and O–H groups in total. The van der Waals surface area contributed by atoms with Gasteiger partial charge in [-0.15, -0.1) is 0 Å². The van der Waals surface area contributed by atoms with Crippen molar-refractivity contribution in [3.63, 3.8) is 0 Å². The maximum absolute atomic E-state index is 12.4. The molecule has 9 nitrogen and oxygen atoms in total. The molecule has 0 spiro atoms. The van der Waals surface area contributed by atoms with Crippen molar-refractivity contribution in [3.8, 4) is 0 Å². The molecule has 1 aromatic carbocycles. The van der Waals surface area contributed by atoms with Crippen LogP contribution < -0.4 is 21.3 Å². The molecule has 2 rings (SSSR count). The third-order valence-electron chi connectivity index (χ3n) is 4.27. The van der Waals surface area contributed by atoms with E-state index in [0.717, 1.165) is 5.69 Å². The zero-order valence-corrected chi connectivity index (χ0v) is 15.7. The lowest BCUT2D eigenvalue weighted by molar-refractivity contribution is -0.120. The first-order valence-corrected chi connectivity index (χ1v) is 8.98. The molecule has 0 atom stereocenters. The minimum atomic E-state index is -0.922. The number of nitrogens with two attached hydrogens (primary N) is 1. The van der Waals surface area contributed by atoms with Crippen molar-refractivity contribution in [1.29, 1.82) is 0 Å². The number of hydrogen-bond acceptors (Lipinski definition) is 5. The standard InChI is InChI=1S/C18H27N5O4/c1-12(2)21-16(24)11-20-17(25)14-10-13(4-5-15(14)19)22-6-3-7-23(9-8-22)18(26)27/h4-5,10,12H,3,6-9,11,19H2,1-2H3,(H,20,25)(H,21,24)(H,26,27). The van der Waals surface area contributed by atoms with Gasteiger partial charge >= 0.3 is 6.09 Å². The lowest BCUT2D eigenvalue weighted by Crippen LogP contribution is -2.40. The van der Waals surface area contributed by atoms with E-state index in [0.29, 0.717) is 43.9 Å². The van der Waals surface area contributed by atoms with E-state index in [1.54, 1.807) is 12.1 Å². The summed E-state index contributed by atoms with van der Waals surface area (Å²) in [6.45, 7) is 5.66. The lowest BCUT2D eigenvalue weighted by Gasteiger charge is -2.24. The Bertz CT molecular complexity index is 707. The first-order chi connectivity index (χ1) is 12.8. The van der Waals surface area contributed by atoms with Crippen molar-refractivity contribution in [2.45, 2.75) is 26.3 Å². The van der Waals surface area contributed by atoms with Crippen LogP contribution in [0.3, 0.4) is 0 Å². The van der Waals surface area contributed by atoms with E-state index in [1.165, 1.54) is 4.90 Å². The molecule has 0 bridgehead atoms. The normalized spacial score (nSPS) is 14.6. The molecule has 1 fully saturated rings. The van der Waals surface area contributed by atoms with E-state index < -0.39 is 12.0 Å². The van der Waals surface area contributed by atoms with Gasteiger partial charge in [0.05, 0.1) is 12.1 Å². The summed E-state index contributed by atoms with van der Waals surface area (Å²) in [6, 6.07) is 5.14. The maximum Gasteiger partial charge on any atom is 0.407 e. The highest BCUT2D eigenvalue weighted by Gasteiger charge is 2.20. The Morgan fingerprint density at radius 1 is 1.19 bits per heavy atom. The van der Waals surface area contributed by atoms with Gasteiger partial charge in [0.2, 0.25) is 5.91 Å². The number of carbonyl (C=O) groups is 3. The van der Waals surface area contributed by atoms with Gasteiger partial charge in [-0.2, -0.15) is 0 Å². The Morgan fingerprint density at radius 2 is 1.93 bits per heavy atom. The van der Waals surface area contributed by atoms with Crippen LogP contribution in [0, 0.1) is 0 Å². The molecule has 1 aromatic rings. The minimum Gasteiger partial charge on any atom is -0.465 e. The first kappa shape index (κ1) is 20.3. The van der Waals surface area contributed by atoms with Crippen LogP contribution in [0.5, 0.6) is 0 Å². The van der Waals surface area contributed by atoms with Crippen molar-refractivity contribution < 1.29 is 19.5 Å². The van der Waals surface area contributed by atoms with Gasteiger partial charge in [0.15, 0.2) is 0 Å². The third-order valence-corrected chi connectivity index (χ3v) is 4.27. The Kier molecular flexibility index (Phi) is 6.86. The van der Waals surface area contributed by atoms with E-state index >= 15 is 0 Å². The molecule has 148 valence electrons. The lowest BCUT2D eigenvalue weighted by atomic mass is 10.1. The van der Waals surface area contributed by atoms with Gasteiger partial charge < -0.3 is 31.3 Å². The molecule has 1 saturated heterocycles. The zero-order chi connectivity index (χ0) is 20.0. The van der Waals surface area contributed by atoms with Crippen molar-refractivity contribution in [2.75, 3.05) is 43.4 Å². The predicted molar refractivity (Wildman–Crippen MR) is 103 cm³/mol. The zero-order valence-electron chi connectivity index (χ0n) is 15.7. The molecule has 3 amide bonds. The number of amides is 3. The molecule has 27 heavy (non-hydrogen) atoms. The number of nitrogens with one attached hydrogen (secondary N) is 2. The van der Waals surface area contributed by atoms with Crippen LogP contribution in [0.15, 0.2) is 18.2 Å². The molecule has 0 unspecified atom stereocenters. The van der Waals surface area contributed by atoms with Crippen LogP contribution >= 0.6 is 0 Å². The van der Waals surface area contributed by atoms with Crippen LogP contribution in [-0.2, 0) is 4.79 Å². The Balaban J connectivity index is 2.05. The average Bonchev–Trinajstić information content (AvgIpc) is 2.86. The van der Waals surface area contributed by atoms with Crippen LogP contribution in [0.1, 0.15) is 30.6 Å². The second kappa shape index (κ2) is 9.11. The molecule has 9 heteroatoms. The molecule has 1 aliphatic rings. The highest BCUT2D eigenvalue weighted by Crippen LogP contribution is 2.22. The smallest absolute Gasteiger partial charge is 0.407 e. The van der Waals surface area contributed by atoms with Gasteiger partial charge in [-0.25, -0.2) is 4.79 Å². The average molecular weight is 377 g/mol. The summed E-state index contributed by atoms with van der Waals surface area (Å²) >= 11 is 0. The molecule has 0 aromatic heterocycles.